The standard InChI is InChI=1S/C32H39O3P/c1-29(2,3)20-11-14-26(33-10)23(17-20)32-24-18-21(30(4,5)6)12-15-27(24)34-36(32)35-28-16-13-22(19-25(28)32)31(7,8)9/h11-19H,1-10H3. The van der Waals surface area contributed by atoms with Gasteiger partial charge in [0.15, 0.2) is 0 Å². The molecule has 36 heavy (non-hydrogen) atoms. The smallest absolute Gasteiger partial charge is 0.311 e. The molecule has 0 aliphatic carbocycles. The molecule has 2 heterocycles. The molecule has 0 fully saturated rings. The Morgan fingerprint density at radius 3 is 1.36 bits per heavy atom. The molecule has 3 aromatic carbocycles. The van der Waals surface area contributed by atoms with Gasteiger partial charge < -0.3 is 13.8 Å². The lowest BCUT2D eigenvalue weighted by Gasteiger charge is -2.32. The summed E-state index contributed by atoms with van der Waals surface area (Å²) >= 11 is 0. The predicted octanol–water partition coefficient (Wildman–Crippen LogP) is 8.98. The number of benzene rings is 3. The lowest BCUT2D eigenvalue weighted by atomic mass is 9.75. The van der Waals surface area contributed by atoms with Crippen molar-refractivity contribution < 1.29 is 13.8 Å². The maximum absolute atomic E-state index is 6.68. The highest BCUT2D eigenvalue weighted by molar-refractivity contribution is 7.51. The van der Waals surface area contributed by atoms with Crippen molar-refractivity contribution in [3.8, 4) is 17.2 Å². The summed E-state index contributed by atoms with van der Waals surface area (Å²) < 4.78 is 19.4. The van der Waals surface area contributed by atoms with Gasteiger partial charge in [0.05, 0.1) is 7.11 Å². The van der Waals surface area contributed by atoms with Crippen molar-refractivity contribution in [2.75, 3.05) is 7.11 Å². The Kier molecular flexibility index (Phi) is 5.58. The molecule has 0 radical (unpaired) electrons. The summed E-state index contributed by atoms with van der Waals surface area (Å²) in [7, 11) is 0.409. The van der Waals surface area contributed by atoms with Gasteiger partial charge in [-0.15, -0.1) is 0 Å². The van der Waals surface area contributed by atoms with E-state index >= 15 is 0 Å². The van der Waals surface area contributed by atoms with E-state index in [1.807, 2.05) is 0 Å². The van der Waals surface area contributed by atoms with Gasteiger partial charge in [-0.05, 0) is 69.3 Å². The van der Waals surface area contributed by atoms with Gasteiger partial charge in [0.1, 0.15) is 22.4 Å². The highest BCUT2D eigenvalue weighted by Crippen LogP contribution is 2.76. The third-order valence-electron chi connectivity index (χ3n) is 7.56. The molecule has 0 saturated heterocycles. The molecule has 0 amide bonds. The monoisotopic (exact) mass is 502 g/mol. The van der Waals surface area contributed by atoms with E-state index in [1.165, 1.54) is 27.8 Å². The third kappa shape index (κ3) is 3.74. The second kappa shape index (κ2) is 7.99. The largest absolute Gasteiger partial charge is 0.496 e. The van der Waals surface area contributed by atoms with Gasteiger partial charge in [-0.2, -0.15) is 0 Å². The zero-order valence-corrected chi connectivity index (χ0v) is 24.3. The number of hydrogen-bond acceptors (Lipinski definition) is 3. The van der Waals surface area contributed by atoms with E-state index in [4.69, 9.17) is 13.8 Å². The lowest BCUT2D eigenvalue weighted by molar-refractivity contribution is 0.406. The predicted molar refractivity (Wildman–Crippen MR) is 150 cm³/mol. The van der Waals surface area contributed by atoms with Gasteiger partial charge in [-0.1, -0.05) is 80.5 Å². The van der Waals surface area contributed by atoms with Crippen LogP contribution in [0.4, 0.5) is 0 Å². The fourth-order valence-corrected chi connectivity index (χ4v) is 7.34. The van der Waals surface area contributed by atoms with Crippen molar-refractivity contribution in [1.82, 2.24) is 0 Å². The minimum absolute atomic E-state index is 0.00839. The molecule has 0 spiro atoms. The quantitative estimate of drug-likeness (QED) is 0.327. The Labute approximate surface area is 218 Å². The molecular formula is C32H39O3P. The SMILES string of the molecule is COc1ccc(C(C)(C)C)cc1C12c3cc(C(C)(C)C)ccc3OP1Oc1ccc(C(C)(C)C)cc12. The van der Waals surface area contributed by atoms with Crippen LogP contribution in [0.3, 0.4) is 0 Å². The first-order chi connectivity index (χ1) is 16.7. The summed E-state index contributed by atoms with van der Waals surface area (Å²) in [6, 6.07) is 20.0. The fourth-order valence-electron chi connectivity index (χ4n) is 5.24. The first kappa shape index (κ1) is 25.2. The van der Waals surface area contributed by atoms with E-state index in [1.54, 1.807) is 7.11 Å². The van der Waals surface area contributed by atoms with Gasteiger partial charge >= 0.3 is 8.38 Å². The second-order valence-electron chi connectivity index (χ2n) is 13.2. The molecule has 0 saturated carbocycles. The fraction of sp³-hybridized carbons (Fsp3) is 0.438. The number of rotatable bonds is 2. The number of ether oxygens (including phenoxy) is 1. The van der Waals surface area contributed by atoms with Crippen molar-refractivity contribution in [3.63, 3.8) is 0 Å². The Morgan fingerprint density at radius 2 is 0.972 bits per heavy atom. The molecule has 0 atom stereocenters. The van der Waals surface area contributed by atoms with Gasteiger partial charge in [-0.3, -0.25) is 0 Å². The summed E-state index contributed by atoms with van der Waals surface area (Å²) in [5, 5.41) is -0.574. The van der Waals surface area contributed by atoms with Crippen LogP contribution in [0.5, 0.6) is 17.2 Å². The average Bonchev–Trinajstić information content (AvgIpc) is 3.27. The van der Waals surface area contributed by atoms with Gasteiger partial charge in [0.25, 0.3) is 0 Å². The zero-order chi connectivity index (χ0) is 26.3. The van der Waals surface area contributed by atoms with Crippen molar-refractivity contribution >= 4 is 8.38 Å². The second-order valence-corrected chi connectivity index (χ2v) is 14.8. The van der Waals surface area contributed by atoms with Gasteiger partial charge in [-0.25, -0.2) is 0 Å². The highest BCUT2D eigenvalue weighted by Gasteiger charge is 2.62. The molecule has 0 unspecified atom stereocenters. The third-order valence-corrected chi connectivity index (χ3v) is 9.56. The number of hydrogen-bond donors (Lipinski definition) is 0. The Bertz CT molecular complexity index is 1270. The maximum atomic E-state index is 6.68. The van der Waals surface area contributed by atoms with Crippen LogP contribution in [0.25, 0.3) is 0 Å². The number of methoxy groups -OCH3 is 1. The minimum Gasteiger partial charge on any atom is -0.496 e. The molecule has 2 aliphatic heterocycles. The van der Waals surface area contributed by atoms with Gasteiger partial charge in [0, 0.05) is 16.7 Å². The van der Waals surface area contributed by atoms with Crippen molar-refractivity contribution in [2.24, 2.45) is 0 Å². The Hall–Kier alpha value is -2.51. The average molecular weight is 503 g/mol. The van der Waals surface area contributed by atoms with E-state index in [0.717, 1.165) is 22.8 Å². The minimum atomic E-state index is -1.35. The summed E-state index contributed by atoms with van der Waals surface area (Å²) in [5.74, 6) is 2.68. The molecule has 0 bridgehead atoms. The van der Waals surface area contributed by atoms with Crippen LogP contribution in [0.2, 0.25) is 0 Å². The molecule has 0 aromatic heterocycles. The summed E-state index contributed by atoms with van der Waals surface area (Å²) in [6.45, 7) is 20.3. The van der Waals surface area contributed by atoms with Crippen LogP contribution in [0.15, 0.2) is 54.6 Å². The number of fused-ring (bicyclic) bond motifs is 5. The lowest BCUT2D eigenvalue weighted by Crippen LogP contribution is -2.25. The van der Waals surface area contributed by atoms with E-state index in [0.29, 0.717) is 0 Å². The first-order valence-corrected chi connectivity index (χ1v) is 14.0. The van der Waals surface area contributed by atoms with E-state index in [2.05, 4.69) is 117 Å². The highest BCUT2D eigenvalue weighted by atomic mass is 31.2. The molecule has 190 valence electrons. The molecule has 2 aliphatic rings. The molecule has 0 N–H and O–H groups in total. The van der Waals surface area contributed by atoms with Crippen LogP contribution in [-0.4, -0.2) is 7.11 Å². The first-order valence-electron chi connectivity index (χ1n) is 12.8. The van der Waals surface area contributed by atoms with Crippen LogP contribution in [0.1, 0.15) is 95.7 Å². The van der Waals surface area contributed by atoms with Crippen LogP contribution >= 0.6 is 8.38 Å². The van der Waals surface area contributed by atoms with Crippen LogP contribution in [0, 0.1) is 0 Å². The van der Waals surface area contributed by atoms with Crippen LogP contribution in [-0.2, 0) is 21.4 Å². The molecule has 3 aromatic rings. The topological polar surface area (TPSA) is 27.7 Å². The molecular weight excluding hydrogens is 463 g/mol. The van der Waals surface area contributed by atoms with E-state index < -0.39 is 13.5 Å². The Morgan fingerprint density at radius 1 is 0.583 bits per heavy atom. The molecule has 3 nitrogen and oxygen atoms in total. The van der Waals surface area contributed by atoms with Crippen molar-refractivity contribution in [2.45, 2.75) is 83.7 Å². The molecule has 5 rings (SSSR count). The summed E-state index contributed by atoms with van der Waals surface area (Å²) in [4.78, 5) is 0. The van der Waals surface area contributed by atoms with Crippen molar-refractivity contribution in [3.05, 3.63) is 88.0 Å². The molecule has 4 heteroatoms. The van der Waals surface area contributed by atoms with Crippen molar-refractivity contribution in [1.29, 1.82) is 0 Å². The van der Waals surface area contributed by atoms with E-state index in [9.17, 15) is 0 Å². The van der Waals surface area contributed by atoms with Gasteiger partial charge in [0.2, 0.25) is 0 Å². The zero-order valence-electron chi connectivity index (χ0n) is 23.4. The van der Waals surface area contributed by atoms with Crippen LogP contribution < -0.4 is 13.8 Å². The van der Waals surface area contributed by atoms with E-state index in [-0.39, 0.29) is 16.2 Å². The summed E-state index contributed by atoms with van der Waals surface area (Å²) in [6.07, 6.45) is 0. The maximum Gasteiger partial charge on any atom is 0.311 e. The normalized spacial score (nSPS) is 20.8. The Balaban J connectivity index is 1.91. The summed E-state index contributed by atoms with van der Waals surface area (Å²) in [5.41, 5.74) is 7.32.